The van der Waals surface area contributed by atoms with Gasteiger partial charge < -0.3 is 10.1 Å². The molecule has 3 heteroatoms. The number of carbonyl (C=O) groups excluding carboxylic acids is 1. The maximum atomic E-state index is 11.7. The van der Waals surface area contributed by atoms with Gasteiger partial charge in [0.1, 0.15) is 5.75 Å². The zero-order valence-electron chi connectivity index (χ0n) is 15.0. The largest absolute Gasteiger partial charge is 0.426 e. The van der Waals surface area contributed by atoms with Gasteiger partial charge in [-0.1, -0.05) is 56.3 Å². The number of rotatable bonds is 7. The Hall–Kier alpha value is -2.13. The smallest absolute Gasteiger partial charge is 0.313 e. The van der Waals surface area contributed by atoms with E-state index in [1.54, 1.807) is 0 Å². The van der Waals surface area contributed by atoms with Crippen molar-refractivity contribution in [3.63, 3.8) is 0 Å². The fraction of sp³-hybridized carbons (Fsp3) is 0.381. The first kappa shape index (κ1) is 18.2. The van der Waals surface area contributed by atoms with Crippen LogP contribution in [0, 0.1) is 5.92 Å². The molecule has 2 aromatic rings. The van der Waals surface area contributed by atoms with Gasteiger partial charge in [-0.05, 0) is 43.5 Å². The fourth-order valence-corrected chi connectivity index (χ4v) is 2.65. The molecule has 0 aromatic heterocycles. The molecule has 2 aromatic carbocycles. The predicted molar refractivity (Wildman–Crippen MR) is 98.1 cm³/mol. The summed E-state index contributed by atoms with van der Waals surface area (Å²) in [6.07, 6.45) is 0.879. The van der Waals surface area contributed by atoms with Crippen LogP contribution in [0.2, 0.25) is 0 Å². The second-order valence-electron chi connectivity index (χ2n) is 6.63. The highest BCUT2D eigenvalue weighted by molar-refractivity contribution is 5.74. The molecule has 0 heterocycles. The van der Waals surface area contributed by atoms with Crippen molar-refractivity contribution in [2.75, 3.05) is 0 Å². The second kappa shape index (κ2) is 8.65. The van der Waals surface area contributed by atoms with E-state index in [1.807, 2.05) is 38.1 Å². The summed E-state index contributed by atoms with van der Waals surface area (Å²) in [5.41, 5.74) is 2.44. The first-order chi connectivity index (χ1) is 11.5. The van der Waals surface area contributed by atoms with Crippen LogP contribution in [0.25, 0.3) is 0 Å². The van der Waals surface area contributed by atoms with Crippen LogP contribution in [0.4, 0.5) is 0 Å². The third kappa shape index (κ3) is 5.50. The lowest BCUT2D eigenvalue weighted by atomic mass is 10.0. The highest BCUT2D eigenvalue weighted by Gasteiger charge is 2.12. The minimum atomic E-state index is -0.198. The Bertz CT molecular complexity index is 652. The Kier molecular flexibility index (Phi) is 6.56. The lowest BCUT2D eigenvalue weighted by Crippen LogP contribution is -2.30. The summed E-state index contributed by atoms with van der Waals surface area (Å²) < 4.78 is 5.39. The molecule has 0 aliphatic rings. The highest BCUT2D eigenvalue weighted by atomic mass is 16.5. The van der Waals surface area contributed by atoms with Crippen LogP contribution < -0.4 is 10.1 Å². The lowest BCUT2D eigenvalue weighted by molar-refractivity contribution is -0.137. The summed E-state index contributed by atoms with van der Waals surface area (Å²) >= 11 is 0. The van der Waals surface area contributed by atoms with Crippen molar-refractivity contribution in [2.24, 2.45) is 5.92 Å². The summed E-state index contributed by atoms with van der Waals surface area (Å²) in [4.78, 5) is 11.7. The van der Waals surface area contributed by atoms with E-state index in [0.29, 0.717) is 17.8 Å². The topological polar surface area (TPSA) is 38.3 Å². The van der Waals surface area contributed by atoms with Crippen LogP contribution in [-0.2, 0) is 11.2 Å². The third-order valence-corrected chi connectivity index (χ3v) is 3.96. The third-order valence-electron chi connectivity index (χ3n) is 3.96. The van der Waals surface area contributed by atoms with Gasteiger partial charge in [0.15, 0.2) is 0 Å². The molecule has 24 heavy (non-hydrogen) atoms. The van der Waals surface area contributed by atoms with Gasteiger partial charge >= 0.3 is 5.97 Å². The van der Waals surface area contributed by atoms with Crippen LogP contribution >= 0.6 is 0 Å². The summed E-state index contributed by atoms with van der Waals surface area (Å²) in [5.74, 6) is 0.298. The van der Waals surface area contributed by atoms with Gasteiger partial charge in [0, 0.05) is 12.1 Å². The van der Waals surface area contributed by atoms with Gasteiger partial charge in [0.25, 0.3) is 0 Å². The molecule has 0 aliphatic carbocycles. The van der Waals surface area contributed by atoms with Gasteiger partial charge in [-0.15, -0.1) is 0 Å². The number of carbonyl (C=O) groups is 1. The van der Waals surface area contributed by atoms with Gasteiger partial charge in [0.2, 0.25) is 0 Å². The van der Waals surface area contributed by atoms with E-state index >= 15 is 0 Å². The Morgan fingerprint density at radius 2 is 1.71 bits per heavy atom. The zero-order chi connectivity index (χ0) is 17.5. The molecule has 0 spiro atoms. The van der Waals surface area contributed by atoms with E-state index < -0.39 is 0 Å². The minimum absolute atomic E-state index is 0.124. The first-order valence-electron chi connectivity index (χ1n) is 8.57. The Labute approximate surface area is 145 Å². The number of nitrogens with one attached hydrogen (secondary N) is 1. The molecule has 0 amide bonds. The van der Waals surface area contributed by atoms with Gasteiger partial charge in [-0.25, -0.2) is 0 Å². The normalized spacial score (nSPS) is 13.5. The minimum Gasteiger partial charge on any atom is -0.426 e. The summed E-state index contributed by atoms with van der Waals surface area (Å²) in [6.45, 7) is 8.02. The molecule has 0 unspecified atom stereocenters. The highest BCUT2D eigenvalue weighted by Crippen LogP contribution is 2.18. The first-order valence-corrected chi connectivity index (χ1v) is 8.57. The number of ether oxygens (including phenoxy) is 1. The molecule has 0 saturated heterocycles. The number of benzene rings is 2. The maximum Gasteiger partial charge on any atom is 0.313 e. The molecule has 2 atom stereocenters. The summed E-state index contributed by atoms with van der Waals surface area (Å²) in [6, 6.07) is 18.8. The van der Waals surface area contributed by atoms with E-state index in [9.17, 15) is 4.79 Å². The molecule has 0 fully saturated rings. The Morgan fingerprint density at radius 1 is 1.00 bits per heavy atom. The molecular formula is C21H27NO2. The van der Waals surface area contributed by atoms with Crippen molar-refractivity contribution in [1.82, 2.24) is 5.32 Å². The molecular weight excluding hydrogens is 298 g/mol. The molecule has 3 nitrogen and oxygen atoms in total. The van der Waals surface area contributed by atoms with Crippen molar-refractivity contribution >= 4 is 5.97 Å². The number of hydrogen-bond donors (Lipinski definition) is 1. The fourth-order valence-electron chi connectivity index (χ4n) is 2.65. The molecule has 0 aliphatic heterocycles. The SMILES string of the molecule is CC(C)C(=O)Oc1cccc(C[C@@H](C)N[C@H](C)c2ccccc2)c1. The van der Waals surface area contributed by atoms with Gasteiger partial charge in [0.05, 0.1) is 5.92 Å². The Balaban J connectivity index is 1.94. The van der Waals surface area contributed by atoms with Crippen molar-refractivity contribution < 1.29 is 9.53 Å². The average Bonchev–Trinajstić information content (AvgIpc) is 2.55. The predicted octanol–water partition coefficient (Wildman–Crippen LogP) is 4.53. The van der Waals surface area contributed by atoms with Crippen molar-refractivity contribution in [1.29, 1.82) is 0 Å². The molecule has 0 radical (unpaired) electrons. The summed E-state index contributed by atoms with van der Waals surface area (Å²) in [7, 11) is 0. The number of hydrogen-bond acceptors (Lipinski definition) is 3. The van der Waals surface area contributed by atoms with Crippen LogP contribution in [-0.4, -0.2) is 12.0 Å². The van der Waals surface area contributed by atoms with Crippen LogP contribution in [0.15, 0.2) is 54.6 Å². The monoisotopic (exact) mass is 325 g/mol. The zero-order valence-corrected chi connectivity index (χ0v) is 15.0. The standard InChI is InChI=1S/C21H27NO2/c1-15(2)21(23)24-20-12-8-9-18(14-20)13-16(3)22-17(4)19-10-6-5-7-11-19/h5-12,14-17,22H,13H2,1-4H3/t16-,17-/m1/s1. The molecule has 0 saturated carbocycles. The average molecular weight is 325 g/mol. The van der Waals surface area contributed by atoms with E-state index in [4.69, 9.17) is 4.74 Å². The van der Waals surface area contributed by atoms with Crippen LogP contribution in [0.5, 0.6) is 5.75 Å². The molecule has 128 valence electrons. The van der Waals surface area contributed by atoms with E-state index in [-0.39, 0.29) is 11.9 Å². The Morgan fingerprint density at radius 3 is 2.38 bits per heavy atom. The van der Waals surface area contributed by atoms with E-state index in [1.165, 1.54) is 5.56 Å². The van der Waals surface area contributed by atoms with Crippen molar-refractivity contribution in [3.8, 4) is 5.75 Å². The van der Waals surface area contributed by atoms with Crippen LogP contribution in [0.3, 0.4) is 0 Å². The maximum absolute atomic E-state index is 11.7. The van der Waals surface area contributed by atoms with Crippen molar-refractivity contribution in [2.45, 2.75) is 46.2 Å². The van der Waals surface area contributed by atoms with Gasteiger partial charge in [-0.2, -0.15) is 0 Å². The molecule has 1 N–H and O–H groups in total. The second-order valence-corrected chi connectivity index (χ2v) is 6.63. The van der Waals surface area contributed by atoms with E-state index in [0.717, 1.165) is 12.0 Å². The summed E-state index contributed by atoms with van der Waals surface area (Å²) in [5, 5.41) is 3.62. The van der Waals surface area contributed by atoms with Crippen LogP contribution in [0.1, 0.15) is 44.9 Å². The quantitative estimate of drug-likeness (QED) is 0.600. The van der Waals surface area contributed by atoms with Crippen molar-refractivity contribution in [3.05, 3.63) is 65.7 Å². The lowest BCUT2D eigenvalue weighted by Gasteiger charge is -2.20. The molecule has 2 rings (SSSR count). The van der Waals surface area contributed by atoms with Gasteiger partial charge in [-0.3, -0.25) is 4.79 Å². The van der Waals surface area contributed by atoms with E-state index in [2.05, 4.69) is 49.5 Å². The number of esters is 1. The molecule has 0 bridgehead atoms.